The average molecular weight is 217 g/mol. The van der Waals surface area contributed by atoms with E-state index in [0.717, 1.165) is 5.57 Å². The molecule has 0 bridgehead atoms. The van der Waals surface area contributed by atoms with Crippen LogP contribution in [0.25, 0.3) is 0 Å². The molecule has 0 unspecified atom stereocenters. The first-order valence-electron chi connectivity index (χ1n) is 5.03. The molecule has 0 heterocycles. The van der Waals surface area contributed by atoms with Gasteiger partial charge in [0.1, 0.15) is 0 Å². The van der Waals surface area contributed by atoms with Gasteiger partial charge >= 0.3 is 0 Å². The van der Waals surface area contributed by atoms with Crippen molar-refractivity contribution in [3.05, 3.63) is 52.5 Å². The summed E-state index contributed by atoms with van der Waals surface area (Å²) < 4.78 is 0. The second-order valence-electron chi connectivity index (χ2n) is 4.09. The molecule has 0 atom stereocenters. The minimum Gasteiger partial charge on any atom is -0.290 e. The van der Waals surface area contributed by atoms with E-state index in [9.17, 15) is 9.70 Å². The molecule has 1 aliphatic carbocycles. The SMILES string of the molecule is C=C(C)/C=C/C1(N=O)C(C)=CC(=O)C=C1C. The summed E-state index contributed by atoms with van der Waals surface area (Å²) in [4.78, 5) is 22.4. The lowest BCUT2D eigenvalue weighted by Crippen LogP contribution is -2.30. The summed E-state index contributed by atoms with van der Waals surface area (Å²) in [7, 11) is 0. The number of allylic oxidation sites excluding steroid dienone is 4. The molecule has 0 saturated carbocycles. The molecule has 1 rings (SSSR count). The van der Waals surface area contributed by atoms with Crippen molar-refractivity contribution < 1.29 is 4.79 Å². The van der Waals surface area contributed by atoms with E-state index in [1.165, 1.54) is 12.2 Å². The number of carbonyl (C=O) groups excluding carboxylic acids is 1. The summed E-state index contributed by atoms with van der Waals surface area (Å²) in [5, 5.41) is 3.18. The number of hydrogen-bond acceptors (Lipinski definition) is 3. The molecule has 0 saturated heterocycles. The fourth-order valence-corrected chi connectivity index (χ4v) is 1.70. The van der Waals surface area contributed by atoms with Crippen molar-refractivity contribution in [3.8, 4) is 0 Å². The maximum atomic E-state index is 11.3. The molecule has 1 aliphatic rings. The van der Waals surface area contributed by atoms with Crippen LogP contribution >= 0.6 is 0 Å². The van der Waals surface area contributed by atoms with Gasteiger partial charge in [-0.1, -0.05) is 18.2 Å². The fourth-order valence-electron chi connectivity index (χ4n) is 1.70. The Hall–Kier alpha value is -1.77. The number of ketones is 1. The van der Waals surface area contributed by atoms with Gasteiger partial charge in [-0.25, -0.2) is 0 Å². The van der Waals surface area contributed by atoms with Crippen LogP contribution in [0.3, 0.4) is 0 Å². The molecule has 0 aromatic heterocycles. The second-order valence-corrected chi connectivity index (χ2v) is 4.09. The highest BCUT2D eigenvalue weighted by Gasteiger charge is 2.35. The summed E-state index contributed by atoms with van der Waals surface area (Å²) in [6.45, 7) is 9.04. The van der Waals surface area contributed by atoms with Crippen molar-refractivity contribution in [2.24, 2.45) is 5.18 Å². The van der Waals surface area contributed by atoms with Crippen molar-refractivity contribution in [3.63, 3.8) is 0 Å². The molecule has 3 nitrogen and oxygen atoms in total. The second kappa shape index (κ2) is 4.39. The average Bonchev–Trinajstić information content (AvgIpc) is 2.17. The Morgan fingerprint density at radius 3 is 2.25 bits per heavy atom. The zero-order chi connectivity index (χ0) is 12.3. The van der Waals surface area contributed by atoms with Gasteiger partial charge in [-0.05, 0) is 55.3 Å². The minimum absolute atomic E-state index is 0.0991. The van der Waals surface area contributed by atoms with E-state index in [-0.39, 0.29) is 5.78 Å². The highest BCUT2D eigenvalue weighted by molar-refractivity contribution is 6.02. The smallest absolute Gasteiger partial charge is 0.178 e. The van der Waals surface area contributed by atoms with Crippen molar-refractivity contribution >= 4 is 5.78 Å². The number of hydrogen-bond donors (Lipinski definition) is 0. The number of nitrogens with zero attached hydrogens (tertiary/aromatic N) is 1. The van der Waals surface area contributed by atoms with Gasteiger partial charge in [-0.3, -0.25) is 4.79 Å². The number of carbonyl (C=O) groups is 1. The van der Waals surface area contributed by atoms with Crippen LogP contribution in [0.4, 0.5) is 0 Å². The van der Waals surface area contributed by atoms with E-state index < -0.39 is 5.54 Å². The van der Waals surface area contributed by atoms with Gasteiger partial charge in [0.15, 0.2) is 11.3 Å². The van der Waals surface area contributed by atoms with Gasteiger partial charge in [0.2, 0.25) is 0 Å². The van der Waals surface area contributed by atoms with E-state index in [1.54, 1.807) is 26.0 Å². The Labute approximate surface area is 95.2 Å². The predicted octanol–water partition coefficient (Wildman–Crippen LogP) is 3.10. The zero-order valence-electron chi connectivity index (χ0n) is 9.78. The molecule has 0 aromatic rings. The van der Waals surface area contributed by atoms with E-state index in [0.29, 0.717) is 11.1 Å². The van der Waals surface area contributed by atoms with E-state index in [2.05, 4.69) is 11.8 Å². The highest BCUT2D eigenvalue weighted by atomic mass is 16.3. The van der Waals surface area contributed by atoms with Crippen molar-refractivity contribution in [1.82, 2.24) is 0 Å². The van der Waals surface area contributed by atoms with E-state index in [4.69, 9.17) is 0 Å². The third kappa shape index (κ3) is 2.08. The third-order valence-electron chi connectivity index (χ3n) is 2.67. The van der Waals surface area contributed by atoms with Gasteiger partial charge < -0.3 is 0 Å². The van der Waals surface area contributed by atoms with Crippen LogP contribution in [0.2, 0.25) is 0 Å². The van der Waals surface area contributed by atoms with Crippen LogP contribution in [0.15, 0.2) is 52.8 Å². The topological polar surface area (TPSA) is 46.5 Å². The Bertz CT molecular complexity index is 417. The third-order valence-corrected chi connectivity index (χ3v) is 2.67. The highest BCUT2D eigenvalue weighted by Crippen LogP contribution is 2.34. The zero-order valence-corrected chi connectivity index (χ0v) is 9.78. The number of rotatable bonds is 3. The molecule has 0 aliphatic heterocycles. The first-order chi connectivity index (χ1) is 7.42. The molecule has 0 spiro atoms. The Kier molecular flexibility index (Phi) is 3.38. The molecular formula is C13H15NO2. The lowest BCUT2D eigenvalue weighted by atomic mass is 9.79. The molecule has 0 N–H and O–H groups in total. The molecule has 84 valence electrons. The van der Waals surface area contributed by atoms with Gasteiger partial charge in [-0.2, -0.15) is 0 Å². The quantitative estimate of drug-likeness (QED) is 0.538. The van der Waals surface area contributed by atoms with Crippen LogP contribution in [-0.2, 0) is 4.79 Å². The van der Waals surface area contributed by atoms with Crippen LogP contribution in [0.1, 0.15) is 20.8 Å². The molecule has 16 heavy (non-hydrogen) atoms. The normalized spacial score (nSPS) is 19.3. The summed E-state index contributed by atoms with van der Waals surface area (Å²) in [5.74, 6) is -0.0991. The first kappa shape index (κ1) is 12.3. The Balaban J connectivity index is 3.27. The fraction of sp³-hybridized carbons (Fsp3) is 0.308. The molecular weight excluding hydrogens is 202 g/mol. The summed E-state index contributed by atoms with van der Waals surface area (Å²) >= 11 is 0. The van der Waals surface area contributed by atoms with E-state index in [1.807, 2.05) is 6.92 Å². The summed E-state index contributed by atoms with van der Waals surface area (Å²) in [5.41, 5.74) is 1.10. The monoisotopic (exact) mass is 217 g/mol. The van der Waals surface area contributed by atoms with Crippen LogP contribution in [0, 0.1) is 4.91 Å². The summed E-state index contributed by atoms with van der Waals surface area (Å²) in [6, 6.07) is 0. The first-order valence-corrected chi connectivity index (χ1v) is 5.03. The predicted molar refractivity (Wildman–Crippen MR) is 65.0 cm³/mol. The van der Waals surface area contributed by atoms with Crippen molar-refractivity contribution in [2.75, 3.05) is 0 Å². The molecule has 3 heteroatoms. The van der Waals surface area contributed by atoms with Crippen LogP contribution < -0.4 is 0 Å². The van der Waals surface area contributed by atoms with Gasteiger partial charge in [0.25, 0.3) is 0 Å². The number of nitroso groups, excluding NO2 is 1. The lowest BCUT2D eigenvalue weighted by Gasteiger charge is -2.27. The maximum Gasteiger partial charge on any atom is 0.178 e. The van der Waals surface area contributed by atoms with Gasteiger partial charge in [0.05, 0.1) is 0 Å². The Morgan fingerprint density at radius 1 is 1.38 bits per heavy atom. The molecule has 0 aromatic carbocycles. The summed E-state index contributed by atoms with van der Waals surface area (Å²) in [6.07, 6.45) is 6.31. The van der Waals surface area contributed by atoms with E-state index >= 15 is 0 Å². The van der Waals surface area contributed by atoms with Crippen LogP contribution in [-0.4, -0.2) is 11.3 Å². The largest absolute Gasteiger partial charge is 0.290 e. The van der Waals surface area contributed by atoms with Crippen molar-refractivity contribution in [2.45, 2.75) is 26.3 Å². The molecule has 0 radical (unpaired) electrons. The Morgan fingerprint density at radius 2 is 1.88 bits per heavy atom. The minimum atomic E-state index is -1.02. The van der Waals surface area contributed by atoms with Gasteiger partial charge in [-0.15, -0.1) is 4.91 Å². The standard InChI is InChI=1S/C13H15NO2/c1-9(2)5-6-13(14-16)10(3)7-12(15)8-11(13)4/h5-8H,1H2,2-4H3/b6-5+. The molecule has 0 fully saturated rings. The van der Waals surface area contributed by atoms with Crippen molar-refractivity contribution in [1.29, 1.82) is 0 Å². The maximum absolute atomic E-state index is 11.3. The van der Waals surface area contributed by atoms with Crippen LogP contribution in [0.5, 0.6) is 0 Å². The lowest BCUT2D eigenvalue weighted by molar-refractivity contribution is -0.110. The van der Waals surface area contributed by atoms with Gasteiger partial charge in [0, 0.05) is 0 Å². The molecule has 0 amide bonds.